The van der Waals surface area contributed by atoms with Crippen molar-refractivity contribution in [3.05, 3.63) is 29.3 Å². The third-order valence-corrected chi connectivity index (χ3v) is 4.06. The summed E-state index contributed by atoms with van der Waals surface area (Å²) >= 11 is 5.81. The van der Waals surface area contributed by atoms with Crippen LogP contribution in [0.5, 0.6) is 5.75 Å². The average Bonchev–Trinajstić information content (AvgIpc) is 2.56. The Hall–Kier alpha value is -1.83. The summed E-state index contributed by atoms with van der Waals surface area (Å²) in [6, 6.07) is 6.99. The van der Waals surface area contributed by atoms with E-state index in [-0.39, 0.29) is 25.0 Å². The van der Waals surface area contributed by atoms with Crippen molar-refractivity contribution in [1.82, 2.24) is 9.80 Å². The highest BCUT2D eigenvalue weighted by molar-refractivity contribution is 6.30. The molecular formula is C17H23ClN2O5. The van der Waals surface area contributed by atoms with Gasteiger partial charge in [-0.3, -0.25) is 14.5 Å². The molecule has 1 unspecified atom stereocenters. The molecule has 0 aromatic heterocycles. The van der Waals surface area contributed by atoms with E-state index < -0.39 is 5.97 Å². The molecule has 1 aliphatic rings. The number of carboxylic acids is 1. The van der Waals surface area contributed by atoms with E-state index >= 15 is 0 Å². The maximum atomic E-state index is 12.3. The third-order valence-electron chi connectivity index (χ3n) is 3.81. The number of carboxylic acid groups (broad SMARTS) is 1. The number of nitrogens with zero attached hydrogens (tertiary/aromatic N) is 2. The molecule has 1 aromatic rings. The van der Waals surface area contributed by atoms with Gasteiger partial charge in [-0.25, -0.2) is 0 Å². The Morgan fingerprint density at radius 2 is 2.12 bits per heavy atom. The maximum absolute atomic E-state index is 12.3. The predicted molar refractivity (Wildman–Crippen MR) is 93.0 cm³/mol. The zero-order valence-electron chi connectivity index (χ0n) is 14.2. The van der Waals surface area contributed by atoms with Crippen LogP contribution in [-0.2, 0) is 14.3 Å². The topological polar surface area (TPSA) is 79.3 Å². The number of hydrogen-bond acceptors (Lipinski definition) is 5. The van der Waals surface area contributed by atoms with Gasteiger partial charge in [0.2, 0.25) is 5.91 Å². The van der Waals surface area contributed by atoms with Crippen molar-refractivity contribution in [1.29, 1.82) is 0 Å². The van der Waals surface area contributed by atoms with Gasteiger partial charge in [0.25, 0.3) is 0 Å². The number of hydrogen-bond donors (Lipinski definition) is 1. The minimum Gasteiger partial charge on any atom is -0.493 e. The van der Waals surface area contributed by atoms with E-state index in [9.17, 15) is 9.59 Å². The molecule has 1 saturated heterocycles. The van der Waals surface area contributed by atoms with Crippen LogP contribution in [0.4, 0.5) is 0 Å². The summed E-state index contributed by atoms with van der Waals surface area (Å²) in [5.74, 6) is -0.207. The summed E-state index contributed by atoms with van der Waals surface area (Å²) in [7, 11) is 1.72. The summed E-state index contributed by atoms with van der Waals surface area (Å²) in [6.45, 7) is 2.17. The van der Waals surface area contributed by atoms with Crippen LogP contribution in [0.15, 0.2) is 24.3 Å². The molecule has 7 nitrogen and oxygen atoms in total. The molecule has 1 amide bonds. The molecule has 8 heteroatoms. The lowest BCUT2D eigenvalue weighted by Gasteiger charge is -2.34. The Balaban J connectivity index is 1.73. The molecular weight excluding hydrogens is 348 g/mol. The summed E-state index contributed by atoms with van der Waals surface area (Å²) in [5.41, 5.74) is 0. The van der Waals surface area contributed by atoms with Crippen LogP contribution < -0.4 is 4.74 Å². The molecule has 1 aromatic carbocycles. The van der Waals surface area contributed by atoms with Gasteiger partial charge >= 0.3 is 5.97 Å². The van der Waals surface area contributed by atoms with Crippen LogP contribution >= 0.6 is 11.6 Å². The third kappa shape index (κ3) is 6.89. The second-order valence-electron chi connectivity index (χ2n) is 5.98. The van der Waals surface area contributed by atoms with E-state index in [4.69, 9.17) is 26.2 Å². The van der Waals surface area contributed by atoms with Crippen LogP contribution in [0.3, 0.4) is 0 Å². The minimum atomic E-state index is -0.884. The standard InChI is InChI=1S/C17H23ClN2O5/c1-19(12-17(22)23)10-15-11-20(7-9-25-15)16(21)6-8-24-14-4-2-13(18)3-5-14/h2-5,15H,6-12H2,1H3,(H,22,23). The van der Waals surface area contributed by atoms with E-state index in [0.717, 1.165) is 0 Å². The van der Waals surface area contributed by atoms with Gasteiger partial charge in [0.15, 0.2) is 0 Å². The lowest BCUT2D eigenvalue weighted by molar-refractivity contribution is -0.142. The van der Waals surface area contributed by atoms with Crippen molar-refractivity contribution < 1.29 is 24.2 Å². The second kappa shape index (κ2) is 9.60. The fraction of sp³-hybridized carbons (Fsp3) is 0.529. The Morgan fingerprint density at radius 1 is 1.40 bits per heavy atom. The maximum Gasteiger partial charge on any atom is 0.317 e. The van der Waals surface area contributed by atoms with E-state index in [2.05, 4.69) is 0 Å². The van der Waals surface area contributed by atoms with Gasteiger partial charge in [-0.2, -0.15) is 0 Å². The molecule has 2 rings (SSSR count). The predicted octanol–water partition coefficient (Wildman–Crippen LogP) is 1.35. The van der Waals surface area contributed by atoms with Gasteiger partial charge in [0.1, 0.15) is 5.75 Å². The number of carbonyl (C=O) groups is 2. The lowest BCUT2D eigenvalue weighted by Crippen LogP contribution is -2.49. The first-order chi connectivity index (χ1) is 11.9. The number of halogens is 1. The van der Waals surface area contributed by atoms with Crippen molar-refractivity contribution in [2.24, 2.45) is 0 Å². The Morgan fingerprint density at radius 3 is 2.80 bits per heavy atom. The monoisotopic (exact) mass is 370 g/mol. The Kier molecular flexibility index (Phi) is 7.49. The van der Waals surface area contributed by atoms with Crippen LogP contribution in [0.25, 0.3) is 0 Å². The molecule has 0 saturated carbocycles. The summed E-state index contributed by atoms with van der Waals surface area (Å²) in [4.78, 5) is 26.4. The molecule has 1 fully saturated rings. The SMILES string of the molecule is CN(CC(=O)O)CC1CN(C(=O)CCOc2ccc(Cl)cc2)CCO1. The first kappa shape index (κ1) is 19.5. The Bertz CT molecular complexity index is 581. The lowest BCUT2D eigenvalue weighted by atomic mass is 10.2. The zero-order chi connectivity index (χ0) is 18.2. The number of ether oxygens (including phenoxy) is 2. The minimum absolute atomic E-state index is 0.00292. The van der Waals surface area contributed by atoms with Crippen molar-refractivity contribution in [2.45, 2.75) is 12.5 Å². The van der Waals surface area contributed by atoms with E-state index in [1.807, 2.05) is 0 Å². The summed E-state index contributed by atoms with van der Waals surface area (Å²) in [5, 5.41) is 9.43. The average molecular weight is 371 g/mol. The van der Waals surface area contributed by atoms with Gasteiger partial charge in [-0.1, -0.05) is 11.6 Å². The molecule has 0 bridgehead atoms. The number of carbonyl (C=O) groups excluding carboxylic acids is 1. The molecule has 138 valence electrons. The molecule has 1 atom stereocenters. The van der Waals surface area contributed by atoms with Gasteiger partial charge in [0, 0.05) is 24.7 Å². The van der Waals surface area contributed by atoms with Gasteiger partial charge in [0.05, 0.1) is 32.3 Å². The molecule has 1 aliphatic heterocycles. The number of morpholine rings is 1. The van der Waals surface area contributed by atoms with Crippen molar-refractivity contribution in [3.63, 3.8) is 0 Å². The number of likely N-dealkylation sites (N-methyl/N-ethyl adjacent to an activating group) is 1. The largest absolute Gasteiger partial charge is 0.493 e. The van der Waals surface area contributed by atoms with Crippen LogP contribution in [0.2, 0.25) is 5.02 Å². The number of rotatable bonds is 8. The molecule has 0 radical (unpaired) electrons. The summed E-state index contributed by atoms with van der Waals surface area (Å²) < 4.78 is 11.2. The van der Waals surface area contributed by atoms with E-state index in [1.54, 1.807) is 41.1 Å². The molecule has 0 spiro atoms. The highest BCUT2D eigenvalue weighted by Gasteiger charge is 2.25. The fourth-order valence-electron chi connectivity index (χ4n) is 2.64. The van der Waals surface area contributed by atoms with Gasteiger partial charge in [-0.15, -0.1) is 0 Å². The van der Waals surface area contributed by atoms with Crippen LogP contribution in [-0.4, -0.2) is 79.3 Å². The van der Waals surface area contributed by atoms with Crippen molar-refractivity contribution >= 4 is 23.5 Å². The highest BCUT2D eigenvalue weighted by Crippen LogP contribution is 2.16. The first-order valence-corrected chi connectivity index (χ1v) is 8.50. The first-order valence-electron chi connectivity index (χ1n) is 8.12. The van der Waals surface area contributed by atoms with Crippen LogP contribution in [0, 0.1) is 0 Å². The number of benzene rings is 1. The quantitative estimate of drug-likeness (QED) is 0.744. The molecule has 25 heavy (non-hydrogen) atoms. The van der Waals surface area contributed by atoms with E-state index in [0.29, 0.717) is 43.6 Å². The second-order valence-corrected chi connectivity index (χ2v) is 6.41. The highest BCUT2D eigenvalue weighted by atomic mass is 35.5. The zero-order valence-corrected chi connectivity index (χ0v) is 14.9. The normalized spacial score (nSPS) is 17.6. The molecule has 1 N–H and O–H groups in total. The van der Waals surface area contributed by atoms with Crippen molar-refractivity contribution in [2.75, 3.05) is 46.4 Å². The van der Waals surface area contributed by atoms with E-state index in [1.165, 1.54) is 0 Å². The fourth-order valence-corrected chi connectivity index (χ4v) is 2.77. The van der Waals surface area contributed by atoms with Crippen molar-refractivity contribution in [3.8, 4) is 5.75 Å². The number of amides is 1. The van der Waals surface area contributed by atoms with Gasteiger partial charge in [-0.05, 0) is 31.3 Å². The molecule has 0 aliphatic carbocycles. The summed E-state index contributed by atoms with van der Waals surface area (Å²) in [6.07, 6.45) is 0.0968. The smallest absolute Gasteiger partial charge is 0.317 e. The van der Waals surface area contributed by atoms with Crippen LogP contribution in [0.1, 0.15) is 6.42 Å². The Labute approximate surface area is 152 Å². The van der Waals surface area contributed by atoms with Gasteiger partial charge < -0.3 is 19.5 Å². The number of aliphatic carboxylic acids is 1. The molecule has 1 heterocycles.